The van der Waals surface area contributed by atoms with Gasteiger partial charge >= 0.3 is 5.95 Å². The van der Waals surface area contributed by atoms with E-state index >= 15 is 0 Å². The van der Waals surface area contributed by atoms with Crippen LogP contribution in [0.1, 0.15) is 17.3 Å². The number of hydrogen-bond donors (Lipinski definition) is 3. The summed E-state index contributed by atoms with van der Waals surface area (Å²) in [5, 5.41) is 3.10. The van der Waals surface area contributed by atoms with Gasteiger partial charge in [0.2, 0.25) is 6.17 Å². The summed E-state index contributed by atoms with van der Waals surface area (Å²) in [6, 6.07) is 16.5. The Bertz CT molecular complexity index is 862. The summed E-state index contributed by atoms with van der Waals surface area (Å²) in [5.41, 5.74) is 10.4. The highest BCUT2D eigenvalue weighted by Gasteiger charge is 2.30. The van der Waals surface area contributed by atoms with Crippen LogP contribution >= 0.6 is 0 Å². The quantitative estimate of drug-likeness (QED) is 0.596. The zero-order valence-corrected chi connectivity index (χ0v) is 11.7. The van der Waals surface area contributed by atoms with Crippen LogP contribution in [-0.2, 0) is 0 Å². The summed E-state index contributed by atoms with van der Waals surface area (Å²) in [6.07, 6.45) is -0.155. The third-order valence-corrected chi connectivity index (χ3v) is 3.75. The van der Waals surface area contributed by atoms with Crippen molar-refractivity contribution < 1.29 is 4.57 Å². The van der Waals surface area contributed by atoms with Gasteiger partial charge in [-0.15, -0.1) is 0 Å². The number of benzene rings is 2. The third-order valence-electron chi connectivity index (χ3n) is 3.75. The van der Waals surface area contributed by atoms with E-state index < -0.39 is 0 Å². The average Bonchev–Trinajstić information content (AvgIpc) is 2.84. The van der Waals surface area contributed by atoms with Gasteiger partial charge in [-0.2, -0.15) is 4.99 Å². The molecule has 2 aromatic carbocycles. The molecule has 104 valence electrons. The fraction of sp³-hybridized carbons (Fsp3) is 0.125. The maximum atomic E-state index is 5.94. The van der Waals surface area contributed by atoms with Crippen molar-refractivity contribution in [3.63, 3.8) is 0 Å². The normalized spacial score (nSPS) is 17.2. The van der Waals surface area contributed by atoms with Gasteiger partial charge in [-0.25, -0.2) is 14.9 Å². The van der Waals surface area contributed by atoms with Crippen molar-refractivity contribution in [1.29, 1.82) is 0 Å². The second kappa shape index (κ2) is 4.34. The monoisotopic (exact) mass is 278 g/mol. The molecule has 0 spiro atoms. The van der Waals surface area contributed by atoms with Crippen LogP contribution in [0.5, 0.6) is 0 Å². The zero-order chi connectivity index (χ0) is 14.4. The van der Waals surface area contributed by atoms with Crippen LogP contribution in [0.3, 0.4) is 0 Å². The number of guanidine groups is 1. The van der Waals surface area contributed by atoms with Crippen molar-refractivity contribution in [2.75, 3.05) is 5.32 Å². The molecule has 4 N–H and O–H groups in total. The number of H-pyrrole nitrogens is 1. The number of nitrogens with one attached hydrogen (secondary N) is 2. The van der Waals surface area contributed by atoms with Crippen LogP contribution in [0.4, 0.5) is 5.95 Å². The van der Waals surface area contributed by atoms with Gasteiger partial charge in [0, 0.05) is 5.56 Å². The molecule has 0 saturated heterocycles. The summed E-state index contributed by atoms with van der Waals surface area (Å²) < 4.78 is 2.14. The molecule has 2 heterocycles. The molecular formula is C16H16N5+. The lowest BCUT2D eigenvalue weighted by Crippen LogP contribution is -2.48. The average molecular weight is 278 g/mol. The number of aryl methyl sites for hydroxylation is 1. The SMILES string of the molecule is Cc1cccc([C@@H]2N=C(N)Nc3[nH]c4ccccc4[n+]32)c1. The maximum absolute atomic E-state index is 5.94. The van der Waals surface area contributed by atoms with E-state index in [1.54, 1.807) is 0 Å². The molecular weight excluding hydrogens is 262 g/mol. The smallest absolute Gasteiger partial charge is 0.357 e. The van der Waals surface area contributed by atoms with Crippen LogP contribution in [0, 0.1) is 6.92 Å². The molecule has 21 heavy (non-hydrogen) atoms. The van der Waals surface area contributed by atoms with Gasteiger partial charge < -0.3 is 5.73 Å². The minimum Gasteiger partial charge on any atom is -0.357 e. The van der Waals surface area contributed by atoms with Crippen molar-refractivity contribution in [3.8, 4) is 0 Å². The van der Waals surface area contributed by atoms with Gasteiger partial charge in [0.25, 0.3) is 5.96 Å². The number of nitrogens with zero attached hydrogens (tertiary/aromatic N) is 2. The van der Waals surface area contributed by atoms with E-state index in [2.05, 4.69) is 51.0 Å². The van der Waals surface area contributed by atoms with Crippen LogP contribution in [0.2, 0.25) is 0 Å². The Labute approximate surface area is 122 Å². The summed E-state index contributed by atoms with van der Waals surface area (Å²) in [5.74, 6) is 1.28. The van der Waals surface area contributed by atoms with Crippen molar-refractivity contribution in [2.24, 2.45) is 10.7 Å². The Morgan fingerprint density at radius 1 is 1.14 bits per heavy atom. The summed E-state index contributed by atoms with van der Waals surface area (Å²) in [6.45, 7) is 2.08. The van der Waals surface area contributed by atoms with Crippen molar-refractivity contribution in [3.05, 3.63) is 59.7 Å². The molecule has 1 aliphatic heterocycles. The number of aromatic amines is 1. The molecule has 1 atom stereocenters. The fourth-order valence-corrected chi connectivity index (χ4v) is 2.84. The molecule has 1 aromatic heterocycles. The number of anilines is 1. The van der Waals surface area contributed by atoms with Crippen molar-refractivity contribution in [2.45, 2.75) is 13.1 Å². The largest absolute Gasteiger partial charge is 0.365 e. The standard InChI is InChI=1S/C16H15N5/c1-10-5-4-6-11(9-10)14-19-15(17)20-16-18-12-7-2-3-8-13(12)21(14)16/h2-9,14H,1H3,(H3,17,18,19,20)/p+1/t14-/m1/s1. The molecule has 0 aliphatic carbocycles. The number of fused-ring (bicyclic) bond motifs is 3. The highest BCUT2D eigenvalue weighted by molar-refractivity contribution is 5.92. The van der Waals surface area contributed by atoms with E-state index in [1.165, 1.54) is 5.56 Å². The number of nitrogens with two attached hydrogens (primary N) is 1. The molecule has 5 nitrogen and oxygen atoms in total. The first-order valence-corrected chi connectivity index (χ1v) is 6.91. The first-order chi connectivity index (χ1) is 10.2. The second-order valence-corrected chi connectivity index (χ2v) is 5.29. The Morgan fingerprint density at radius 2 is 2.00 bits per heavy atom. The van der Waals surface area contributed by atoms with Crippen LogP contribution in [0.25, 0.3) is 11.0 Å². The maximum Gasteiger partial charge on any atom is 0.365 e. The lowest BCUT2D eigenvalue weighted by molar-refractivity contribution is -0.674. The minimum atomic E-state index is -0.155. The van der Waals surface area contributed by atoms with Crippen LogP contribution in [-0.4, -0.2) is 10.9 Å². The number of imidazole rings is 1. The molecule has 0 saturated carbocycles. The van der Waals surface area contributed by atoms with Gasteiger partial charge in [-0.05, 0) is 19.1 Å². The third kappa shape index (κ3) is 1.86. The molecule has 5 heteroatoms. The van der Waals surface area contributed by atoms with Crippen LogP contribution in [0.15, 0.2) is 53.5 Å². The van der Waals surface area contributed by atoms with Gasteiger partial charge in [0.05, 0.1) is 0 Å². The number of aliphatic imine (C=N–C) groups is 1. The Balaban J connectivity index is 1.97. The molecule has 0 fully saturated rings. The van der Waals surface area contributed by atoms with E-state index in [-0.39, 0.29) is 6.17 Å². The number of rotatable bonds is 1. The fourth-order valence-electron chi connectivity index (χ4n) is 2.84. The van der Waals surface area contributed by atoms with E-state index in [0.29, 0.717) is 5.96 Å². The molecule has 4 rings (SSSR count). The second-order valence-electron chi connectivity index (χ2n) is 5.29. The lowest BCUT2D eigenvalue weighted by Gasteiger charge is -2.18. The molecule has 1 aliphatic rings. The first kappa shape index (κ1) is 12.0. The number of para-hydroxylation sites is 2. The number of aromatic nitrogens is 2. The van der Waals surface area contributed by atoms with Gasteiger partial charge in [-0.3, -0.25) is 0 Å². The Morgan fingerprint density at radius 3 is 2.86 bits per heavy atom. The Kier molecular flexibility index (Phi) is 2.47. The summed E-state index contributed by atoms with van der Waals surface area (Å²) in [4.78, 5) is 7.94. The molecule has 0 amide bonds. The number of hydrogen-bond acceptors (Lipinski definition) is 3. The topological polar surface area (TPSA) is 70.1 Å². The molecule has 0 bridgehead atoms. The summed E-state index contributed by atoms with van der Waals surface area (Å²) >= 11 is 0. The molecule has 3 aromatic rings. The van der Waals surface area contributed by atoms with Gasteiger partial charge in [0.15, 0.2) is 0 Å². The van der Waals surface area contributed by atoms with E-state index in [9.17, 15) is 0 Å². The zero-order valence-electron chi connectivity index (χ0n) is 11.7. The predicted octanol–water partition coefficient (Wildman–Crippen LogP) is 2.05. The highest BCUT2D eigenvalue weighted by Crippen LogP contribution is 2.24. The first-order valence-electron chi connectivity index (χ1n) is 6.91. The molecule has 0 unspecified atom stereocenters. The highest BCUT2D eigenvalue weighted by atomic mass is 15.4. The van der Waals surface area contributed by atoms with E-state index in [4.69, 9.17) is 5.73 Å². The minimum absolute atomic E-state index is 0.155. The van der Waals surface area contributed by atoms with Crippen molar-refractivity contribution >= 4 is 22.9 Å². The summed E-state index contributed by atoms with van der Waals surface area (Å²) in [7, 11) is 0. The van der Waals surface area contributed by atoms with E-state index in [1.807, 2.05) is 24.3 Å². The Hall–Kier alpha value is -2.82. The lowest BCUT2D eigenvalue weighted by atomic mass is 10.1. The predicted molar refractivity (Wildman–Crippen MR) is 83.1 cm³/mol. The van der Waals surface area contributed by atoms with Crippen LogP contribution < -0.4 is 15.6 Å². The van der Waals surface area contributed by atoms with Gasteiger partial charge in [-0.1, -0.05) is 42.0 Å². The van der Waals surface area contributed by atoms with E-state index in [0.717, 1.165) is 22.5 Å². The van der Waals surface area contributed by atoms with Gasteiger partial charge in [0.1, 0.15) is 11.0 Å². The van der Waals surface area contributed by atoms with Crippen molar-refractivity contribution in [1.82, 2.24) is 4.98 Å². The molecule has 0 radical (unpaired) electrons.